The van der Waals surface area contributed by atoms with E-state index in [4.69, 9.17) is 0 Å². The van der Waals surface area contributed by atoms with Crippen LogP contribution in [-0.2, 0) is 9.59 Å². The minimum absolute atomic E-state index is 0.657. The summed E-state index contributed by atoms with van der Waals surface area (Å²) in [5, 5.41) is 4.10. The highest BCUT2D eigenvalue weighted by molar-refractivity contribution is 6.44. The highest BCUT2D eigenvalue weighted by Gasteiger charge is 2.47. The van der Waals surface area contributed by atoms with E-state index in [9.17, 15) is 14.4 Å². The molecule has 0 aromatic heterocycles. The second-order valence-corrected chi connectivity index (χ2v) is 3.21. The van der Waals surface area contributed by atoms with Crippen molar-refractivity contribution in [3.63, 3.8) is 0 Å². The third kappa shape index (κ3) is 1.36. The molecule has 78 valence electrons. The summed E-state index contributed by atoms with van der Waals surface area (Å²) in [6, 6.07) is -0.657. The zero-order chi connectivity index (χ0) is 11.0. The Hall–Kier alpha value is -1.47. The molecule has 0 bridgehead atoms. The highest BCUT2D eigenvalue weighted by Crippen LogP contribution is 2.13. The standard InChI is InChI=1S/C7H12N4O3/c1-8(2)10-5(12)6(13)11(7(10)14)9(3)4/h1-4H3. The van der Waals surface area contributed by atoms with Crippen LogP contribution in [0.3, 0.4) is 0 Å². The molecule has 0 saturated carbocycles. The minimum atomic E-state index is -0.839. The summed E-state index contributed by atoms with van der Waals surface area (Å²) in [5.74, 6) is -1.68. The molecule has 0 radical (unpaired) electrons. The first kappa shape index (κ1) is 10.6. The van der Waals surface area contributed by atoms with Gasteiger partial charge in [0, 0.05) is 28.2 Å². The molecule has 0 spiro atoms. The lowest BCUT2D eigenvalue weighted by Gasteiger charge is -2.23. The van der Waals surface area contributed by atoms with Crippen molar-refractivity contribution in [3.8, 4) is 0 Å². The van der Waals surface area contributed by atoms with E-state index in [1.165, 1.54) is 38.2 Å². The molecule has 0 aliphatic carbocycles. The Bertz CT molecular complexity index is 271. The quantitative estimate of drug-likeness (QED) is 0.411. The summed E-state index contributed by atoms with van der Waals surface area (Å²) >= 11 is 0. The van der Waals surface area contributed by atoms with Crippen LogP contribution < -0.4 is 0 Å². The number of hydrazine groups is 2. The Morgan fingerprint density at radius 3 is 1.21 bits per heavy atom. The second-order valence-electron chi connectivity index (χ2n) is 3.21. The van der Waals surface area contributed by atoms with Crippen molar-refractivity contribution in [2.75, 3.05) is 28.2 Å². The van der Waals surface area contributed by atoms with Crippen molar-refractivity contribution in [2.24, 2.45) is 0 Å². The molecular weight excluding hydrogens is 188 g/mol. The van der Waals surface area contributed by atoms with Crippen LogP contribution in [0.2, 0.25) is 0 Å². The van der Waals surface area contributed by atoms with Crippen LogP contribution in [0.5, 0.6) is 0 Å². The molecule has 1 aliphatic heterocycles. The van der Waals surface area contributed by atoms with Gasteiger partial charge in [0.2, 0.25) is 0 Å². The first-order valence-corrected chi connectivity index (χ1v) is 3.95. The molecule has 0 unspecified atom stereocenters. The average molecular weight is 200 g/mol. The van der Waals surface area contributed by atoms with Crippen LogP contribution in [0.4, 0.5) is 4.79 Å². The number of carbonyl (C=O) groups excluding carboxylic acids is 3. The first-order chi connectivity index (χ1) is 6.37. The van der Waals surface area contributed by atoms with Gasteiger partial charge in [0.25, 0.3) is 0 Å². The van der Waals surface area contributed by atoms with Gasteiger partial charge in [-0.25, -0.2) is 14.8 Å². The largest absolute Gasteiger partial charge is 0.364 e. The van der Waals surface area contributed by atoms with E-state index in [0.29, 0.717) is 0 Å². The van der Waals surface area contributed by atoms with Gasteiger partial charge in [-0.1, -0.05) is 0 Å². The molecule has 7 heteroatoms. The summed E-state index contributed by atoms with van der Waals surface area (Å²) in [4.78, 5) is 34.2. The summed E-state index contributed by atoms with van der Waals surface area (Å²) in [7, 11) is 6.06. The van der Waals surface area contributed by atoms with Gasteiger partial charge in [0.15, 0.2) is 0 Å². The summed E-state index contributed by atoms with van der Waals surface area (Å²) < 4.78 is 0. The predicted octanol–water partition coefficient (Wildman–Crippen LogP) is -1.27. The summed E-state index contributed by atoms with van der Waals surface area (Å²) in [5.41, 5.74) is 0. The van der Waals surface area contributed by atoms with Crippen LogP contribution in [0.25, 0.3) is 0 Å². The molecule has 1 saturated heterocycles. The van der Waals surface area contributed by atoms with E-state index in [-0.39, 0.29) is 0 Å². The predicted molar refractivity (Wildman–Crippen MR) is 46.5 cm³/mol. The van der Waals surface area contributed by atoms with E-state index >= 15 is 0 Å². The summed E-state index contributed by atoms with van der Waals surface area (Å²) in [6.45, 7) is 0. The SMILES string of the molecule is CN(C)N1C(=O)C(=O)N(N(C)C)C1=O. The second kappa shape index (κ2) is 3.35. The highest BCUT2D eigenvalue weighted by atomic mass is 16.3. The van der Waals surface area contributed by atoms with Gasteiger partial charge in [-0.15, -0.1) is 0 Å². The smallest absolute Gasteiger partial charge is 0.261 e. The molecule has 0 atom stereocenters. The Labute approximate surface area is 81.4 Å². The lowest BCUT2D eigenvalue weighted by molar-refractivity contribution is -0.150. The number of urea groups is 1. The van der Waals surface area contributed by atoms with E-state index in [2.05, 4.69) is 0 Å². The fraction of sp³-hybridized carbons (Fsp3) is 0.571. The fourth-order valence-electron chi connectivity index (χ4n) is 1.15. The van der Waals surface area contributed by atoms with Crippen LogP contribution in [0, 0.1) is 0 Å². The van der Waals surface area contributed by atoms with Gasteiger partial charge in [-0.05, 0) is 0 Å². The lowest BCUT2D eigenvalue weighted by atomic mass is 10.6. The molecule has 1 aliphatic rings. The van der Waals surface area contributed by atoms with Crippen molar-refractivity contribution < 1.29 is 14.4 Å². The van der Waals surface area contributed by atoms with E-state index in [1.807, 2.05) is 0 Å². The lowest BCUT2D eigenvalue weighted by Crippen LogP contribution is -2.45. The van der Waals surface area contributed by atoms with Gasteiger partial charge in [0.05, 0.1) is 0 Å². The molecule has 4 amide bonds. The zero-order valence-corrected chi connectivity index (χ0v) is 8.51. The maximum atomic E-state index is 11.5. The van der Waals surface area contributed by atoms with Gasteiger partial charge < -0.3 is 0 Å². The van der Waals surface area contributed by atoms with Crippen LogP contribution >= 0.6 is 0 Å². The van der Waals surface area contributed by atoms with Crippen LogP contribution in [0.15, 0.2) is 0 Å². The van der Waals surface area contributed by atoms with Gasteiger partial charge in [0.1, 0.15) is 0 Å². The third-order valence-corrected chi connectivity index (χ3v) is 1.73. The molecule has 0 N–H and O–H groups in total. The van der Waals surface area contributed by atoms with E-state index in [1.54, 1.807) is 0 Å². The molecule has 0 aromatic rings. The van der Waals surface area contributed by atoms with Crippen molar-refractivity contribution in [2.45, 2.75) is 0 Å². The number of amides is 4. The number of hydrogen-bond acceptors (Lipinski definition) is 5. The van der Waals surface area contributed by atoms with E-state index < -0.39 is 17.8 Å². The number of imide groups is 2. The van der Waals surface area contributed by atoms with Crippen molar-refractivity contribution in [3.05, 3.63) is 0 Å². The monoisotopic (exact) mass is 200 g/mol. The molecule has 1 heterocycles. The number of nitrogens with zero attached hydrogens (tertiary/aromatic N) is 4. The maximum absolute atomic E-state index is 11.5. The Morgan fingerprint density at radius 1 is 0.786 bits per heavy atom. The Kier molecular flexibility index (Phi) is 2.54. The zero-order valence-electron chi connectivity index (χ0n) is 8.51. The molecule has 1 rings (SSSR count). The van der Waals surface area contributed by atoms with Gasteiger partial charge in [-0.2, -0.15) is 10.0 Å². The maximum Gasteiger partial charge on any atom is 0.364 e. The minimum Gasteiger partial charge on any atom is -0.261 e. The fourth-order valence-corrected chi connectivity index (χ4v) is 1.15. The Balaban J connectivity index is 3.03. The van der Waals surface area contributed by atoms with E-state index in [0.717, 1.165) is 10.0 Å². The summed E-state index contributed by atoms with van der Waals surface area (Å²) in [6.07, 6.45) is 0. The number of carbonyl (C=O) groups is 3. The average Bonchev–Trinajstić information content (AvgIpc) is 2.23. The van der Waals surface area contributed by atoms with Crippen molar-refractivity contribution >= 4 is 17.8 Å². The topological polar surface area (TPSA) is 64.2 Å². The molecule has 0 aromatic carbocycles. The van der Waals surface area contributed by atoms with Crippen molar-refractivity contribution in [1.29, 1.82) is 0 Å². The Morgan fingerprint density at radius 2 is 1.07 bits per heavy atom. The normalized spacial score (nSPS) is 18.0. The van der Waals surface area contributed by atoms with Crippen LogP contribution in [-0.4, -0.2) is 66.1 Å². The van der Waals surface area contributed by atoms with Gasteiger partial charge in [-0.3, -0.25) is 9.59 Å². The molecule has 14 heavy (non-hydrogen) atoms. The molecule has 7 nitrogen and oxygen atoms in total. The number of rotatable bonds is 2. The third-order valence-electron chi connectivity index (χ3n) is 1.73. The molecular formula is C7H12N4O3. The first-order valence-electron chi connectivity index (χ1n) is 3.95. The van der Waals surface area contributed by atoms with Gasteiger partial charge >= 0.3 is 17.8 Å². The number of hydrogen-bond donors (Lipinski definition) is 0. The molecule has 1 fully saturated rings. The van der Waals surface area contributed by atoms with Crippen LogP contribution in [0.1, 0.15) is 0 Å². The van der Waals surface area contributed by atoms with Crippen molar-refractivity contribution in [1.82, 2.24) is 20.0 Å².